The third kappa shape index (κ3) is 5.74. The third-order valence-electron chi connectivity index (χ3n) is 6.00. The van der Waals surface area contributed by atoms with Gasteiger partial charge >= 0.3 is 0 Å². The van der Waals surface area contributed by atoms with Crippen LogP contribution in [-0.2, 0) is 21.2 Å². The summed E-state index contributed by atoms with van der Waals surface area (Å²) in [6.07, 6.45) is 2.46. The minimum atomic E-state index is -3.46. The Morgan fingerprint density at radius 2 is 1.69 bits per heavy atom. The van der Waals surface area contributed by atoms with Gasteiger partial charge in [0, 0.05) is 12.5 Å². The molecule has 0 radical (unpaired) electrons. The molecule has 3 N–H and O–H groups in total. The lowest BCUT2D eigenvalue weighted by atomic mass is 9.88. The van der Waals surface area contributed by atoms with E-state index in [1.807, 2.05) is 24.3 Å². The second-order valence-electron chi connectivity index (χ2n) is 8.42. The van der Waals surface area contributed by atoms with Crippen LogP contribution in [0.5, 0.6) is 0 Å². The molecule has 1 aliphatic rings. The van der Waals surface area contributed by atoms with Crippen molar-refractivity contribution in [2.45, 2.75) is 56.1 Å². The van der Waals surface area contributed by atoms with Gasteiger partial charge in [0.1, 0.15) is 6.04 Å². The first-order valence-corrected chi connectivity index (χ1v) is 12.3. The molecule has 8 heteroatoms. The molecule has 0 unspecified atom stereocenters. The van der Waals surface area contributed by atoms with Crippen LogP contribution in [0.4, 0.5) is 0 Å². The summed E-state index contributed by atoms with van der Waals surface area (Å²) in [6, 6.07) is 16.0. The number of nitriles is 1. The van der Waals surface area contributed by atoms with E-state index < -0.39 is 16.1 Å². The first-order chi connectivity index (χ1) is 15.2. The van der Waals surface area contributed by atoms with Gasteiger partial charge in [-0.1, -0.05) is 43.3 Å². The molecule has 32 heavy (non-hydrogen) atoms. The van der Waals surface area contributed by atoms with Crippen LogP contribution in [-0.4, -0.2) is 39.5 Å². The molecule has 4 atom stereocenters. The number of hydrogen-bond donors (Lipinski definition) is 3. The van der Waals surface area contributed by atoms with Crippen LogP contribution in [0.1, 0.15) is 32.3 Å². The van der Waals surface area contributed by atoms with Gasteiger partial charge < -0.3 is 10.6 Å². The molecule has 1 amide bonds. The molecule has 0 saturated carbocycles. The number of nitrogens with one attached hydrogen (secondary N) is 3. The Kier molecular flexibility index (Phi) is 7.67. The summed E-state index contributed by atoms with van der Waals surface area (Å²) >= 11 is 0. The fourth-order valence-corrected chi connectivity index (χ4v) is 4.70. The van der Waals surface area contributed by atoms with E-state index in [1.165, 1.54) is 7.05 Å². The molecule has 7 nitrogen and oxygen atoms in total. The van der Waals surface area contributed by atoms with Crippen molar-refractivity contribution in [3.63, 3.8) is 0 Å². The van der Waals surface area contributed by atoms with Gasteiger partial charge in [0.25, 0.3) is 0 Å². The van der Waals surface area contributed by atoms with Crippen molar-refractivity contribution in [3.05, 3.63) is 54.1 Å². The standard InChI is InChI=1S/C24H30N4O3S/c1-16-4-5-17(2)27-23(16)24(29)28-21(15-25)14-18-6-8-19(9-7-18)20-10-12-22(13-11-20)32(30,31)26-3/h6-13,16-17,21,23,26-27H,4-5,14H2,1-3H3,(H,28,29)/t16-,17+,21+,23+/m1/s1. The van der Waals surface area contributed by atoms with Crippen molar-refractivity contribution < 1.29 is 13.2 Å². The van der Waals surface area contributed by atoms with Crippen LogP contribution >= 0.6 is 0 Å². The predicted octanol–water partition coefficient (Wildman–Crippen LogP) is 2.59. The number of benzene rings is 2. The zero-order valence-electron chi connectivity index (χ0n) is 18.6. The quantitative estimate of drug-likeness (QED) is 0.596. The van der Waals surface area contributed by atoms with Crippen molar-refractivity contribution in [1.82, 2.24) is 15.4 Å². The van der Waals surface area contributed by atoms with Gasteiger partial charge in [0.05, 0.1) is 17.0 Å². The molecule has 3 rings (SSSR count). The molecule has 2 aromatic carbocycles. The highest BCUT2D eigenvalue weighted by atomic mass is 32.2. The molecule has 1 fully saturated rings. The lowest BCUT2D eigenvalue weighted by molar-refractivity contribution is -0.125. The average molecular weight is 455 g/mol. The highest BCUT2D eigenvalue weighted by Gasteiger charge is 2.31. The fraction of sp³-hybridized carbons (Fsp3) is 0.417. The van der Waals surface area contributed by atoms with E-state index >= 15 is 0 Å². The maximum atomic E-state index is 12.7. The number of nitrogens with zero attached hydrogens (tertiary/aromatic N) is 1. The number of hydrogen-bond acceptors (Lipinski definition) is 5. The van der Waals surface area contributed by atoms with Crippen LogP contribution in [0, 0.1) is 17.2 Å². The first kappa shape index (κ1) is 23.9. The number of amides is 1. The summed E-state index contributed by atoms with van der Waals surface area (Å²) in [5.41, 5.74) is 2.77. The topological polar surface area (TPSA) is 111 Å². The minimum Gasteiger partial charge on any atom is -0.339 e. The van der Waals surface area contributed by atoms with Crippen molar-refractivity contribution in [1.29, 1.82) is 5.26 Å². The van der Waals surface area contributed by atoms with Crippen molar-refractivity contribution >= 4 is 15.9 Å². The molecular formula is C24H30N4O3S. The van der Waals surface area contributed by atoms with Crippen LogP contribution < -0.4 is 15.4 Å². The fourth-order valence-electron chi connectivity index (χ4n) is 3.97. The Morgan fingerprint density at radius 3 is 2.25 bits per heavy atom. The molecule has 1 heterocycles. The lowest BCUT2D eigenvalue weighted by Gasteiger charge is -2.33. The molecule has 1 aliphatic heterocycles. The zero-order chi connectivity index (χ0) is 23.3. The summed E-state index contributed by atoms with van der Waals surface area (Å²) in [7, 11) is -2.08. The smallest absolute Gasteiger partial charge is 0.240 e. The highest BCUT2D eigenvalue weighted by Crippen LogP contribution is 2.23. The number of piperidine rings is 1. The Labute approximate surface area is 190 Å². The van der Waals surface area contributed by atoms with Crippen LogP contribution in [0.15, 0.2) is 53.4 Å². The van der Waals surface area contributed by atoms with E-state index in [9.17, 15) is 18.5 Å². The highest BCUT2D eigenvalue weighted by molar-refractivity contribution is 7.89. The monoisotopic (exact) mass is 454 g/mol. The van der Waals surface area contributed by atoms with E-state index in [2.05, 4.69) is 35.3 Å². The predicted molar refractivity (Wildman–Crippen MR) is 124 cm³/mol. The largest absolute Gasteiger partial charge is 0.339 e. The van der Waals surface area contributed by atoms with Gasteiger partial charge in [-0.3, -0.25) is 4.79 Å². The van der Waals surface area contributed by atoms with Gasteiger partial charge in [-0.25, -0.2) is 13.1 Å². The maximum absolute atomic E-state index is 12.7. The Balaban J connectivity index is 1.64. The molecule has 170 valence electrons. The molecule has 0 bridgehead atoms. The SMILES string of the molecule is CNS(=O)(=O)c1ccc(-c2ccc(C[C@@H](C#N)NC(=O)[C@H]3N[C@@H](C)CC[C@H]3C)cc2)cc1. The molecular weight excluding hydrogens is 424 g/mol. The lowest BCUT2D eigenvalue weighted by Crippen LogP contribution is -2.55. The van der Waals surface area contributed by atoms with Crippen molar-refractivity contribution in [2.24, 2.45) is 5.92 Å². The Morgan fingerprint density at radius 1 is 1.09 bits per heavy atom. The number of rotatable bonds is 7. The zero-order valence-corrected chi connectivity index (χ0v) is 19.4. The molecule has 1 saturated heterocycles. The number of sulfonamides is 1. The molecule has 0 aromatic heterocycles. The van der Waals surface area contributed by atoms with E-state index in [0.29, 0.717) is 12.5 Å². The van der Waals surface area contributed by atoms with E-state index in [0.717, 1.165) is 29.5 Å². The van der Waals surface area contributed by atoms with E-state index in [4.69, 9.17) is 0 Å². The van der Waals surface area contributed by atoms with Crippen LogP contribution in [0.2, 0.25) is 0 Å². The van der Waals surface area contributed by atoms with E-state index in [1.54, 1.807) is 24.3 Å². The number of carbonyl (C=O) groups is 1. The normalized spacial score (nSPS) is 22.0. The Hall–Kier alpha value is -2.73. The second kappa shape index (κ2) is 10.3. The third-order valence-corrected chi connectivity index (χ3v) is 7.43. The van der Waals surface area contributed by atoms with Gasteiger partial charge in [0.2, 0.25) is 15.9 Å². The molecule has 0 spiro atoms. The van der Waals surface area contributed by atoms with Crippen molar-refractivity contribution in [2.75, 3.05) is 7.05 Å². The summed E-state index contributed by atoms with van der Waals surface area (Å²) < 4.78 is 26.0. The summed E-state index contributed by atoms with van der Waals surface area (Å²) in [5.74, 6) is 0.114. The first-order valence-electron chi connectivity index (χ1n) is 10.8. The second-order valence-corrected chi connectivity index (χ2v) is 10.3. The molecule has 0 aliphatic carbocycles. The van der Waals surface area contributed by atoms with Gasteiger partial charge in [-0.15, -0.1) is 0 Å². The van der Waals surface area contributed by atoms with Crippen LogP contribution in [0.3, 0.4) is 0 Å². The molecule has 2 aromatic rings. The minimum absolute atomic E-state index is 0.121. The van der Waals surface area contributed by atoms with Gasteiger partial charge in [-0.05, 0) is 61.6 Å². The van der Waals surface area contributed by atoms with E-state index in [-0.39, 0.29) is 22.8 Å². The number of carbonyl (C=O) groups excluding carboxylic acids is 1. The van der Waals surface area contributed by atoms with Crippen molar-refractivity contribution in [3.8, 4) is 17.2 Å². The summed E-state index contributed by atoms with van der Waals surface area (Å²) in [5, 5.41) is 15.8. The van der Waals surface area contributed by atoms with Gasteiger partial charge in [0.15, 0.2) is 0 Å². The summed E-state index contributed by atoms with van der Waals surface area (Å²) in [6.45, 7) is 4.13. The summed E-state index contributed by atoms with van der Waals surface area (Å²) in [4.78, 5) is 12.9. The maximum Gasteiger partial charge on any atom is 0.240 e. The van der Waals surface area contributed by atoms with Crippen LogP contribution in [0.25, 0.3) is 11.1 Å². The van der Waals surface area contributed by atoms with Gasteiger partial charge in [-0.2, -0.15) is 5.26 Å². The Bertz CT molecular complexity index is 1080. The average Bonchev–Trinajstić information content (AvgIpc) is 2.80.